The third-order valence-corrected chi connectivity index (χ3v) is 2.72. The van der Waals surface area contributed by atoms with Gasteiger partial charge in [0, 0.05) is 11.6 Å². The van der Waals surface area contributed by atoms with Crippen LogP contribution in [0.15, 0.2) is 18.2 Å². The number of nitrogens with one attached hydrogen (secondary N) is 1. The summed E-state index contributed by atoms with van der Waals surface area (Å²) in [5.74, 6) is -3.06. The molecule has 1 atom stereocenters. The molecule has 6 heteroatoms. The minimum atomic E-state index is -1.01. The predicted octanol–water partition coefficient (Wildman–Crippen LogP) is 1.76. The normalized spacial score (nSPS) is 12.2. The van der Waals surface area contributed by atoms with Crippen molar-refractivity contribution in [2.75, 3.05) is 0 Å². The first-order valence-corrected chi connectivity index (χ1v) is 5.82. The van der Waals surface area contributed by atoms with E-state index in [1.807, 2.05) is 0 Å². The number of carboxylic acids is 1. The molecule has 0 bridgehead atoms. The molecule has 0 aliphatic rings. The summed E-state index contributed by atoms with van der Waals surface area (Å²) < 4.78 is 12.9. The average Bonchev–Trinajstić information content (AvgIpc) is 2.31. The van der Waals surface area contributed by atoms with Crippen molar-refractivity contribution in [1.82, 2.24) is 5.32 Å². The van der Waals surface area contributed by atoms with Crippen molar-refractivity contribution < 1.29 is 24.2 Å². The fourth-order valence-electron chi connectivity index (χ4n) is 1.55. The summed E-state index contributed by atoms with van der Waals surface area (Å²) in [7, 11) is 0. The van der Waals surface area contributed by atoms with Crippen LogP contribution in [-0.2, 0) is 4.79 Å². The van der Waals surface area contributed by atoms with Gasteiger partial charge in [-0.2, -0.15) is 0 Å². The third kappa shape index (κ3) is 4.24. The Morgan fingerprint density at radius 3 is 2.47 bits per heavy atom. The van der Waals surface area contributed by atoms with Crippen LogP contribution in [0.2, 0.25) is 0 Å². The largest absolute Gasteiger partial charge is 0.505 e. The number of carbonyl (C=O) groups is 2. The zero-order valence-corrected chi connectivity index (χ0v) is 10.7. The van der Waals surface area contributed by atoms with Gasteiger partial charge in [-0.1, -0.05) is 13.8 Å². The summed E-state index contributed by atoms with van der Waals surface area (Å²) in [6.07, 6.45) is -0.198. The molecule has 0 heterocycles. The number of benzene rings is 1. The molecular formula is C13H16FNO4. The highest BCUT2D eigenvalue weighted by molar-refractivity contribution is 5.95. The lowest BCUT2D eigenvalue weighted by Crippen LogP contribution is -2.40. The van der Waals surface area contributed by atoms with Gasteiger partial charge in [0.05, 0.1) is 6.42 Å². The zero-order chi connectivity index (χ0) is 14.6. The molecule has 1 aromatic carbocycles. The molecule has 0 spiro atoms. The van der Waals surface area contributed by atoms with E-state index >= 15 is 0 Å². The Balaban J connectivity index is 2.81. The highest BCUT2D eigenvalue weighted by Crippen LogP contribution is 2.17. The molecule has 3 N–H and O–H groups in total. The monoisotopic (exact) mass is 269 g/mol. The fourth-order valence-corrected chi connectivity index (χ4v) is 1.55. The van der Waals surface area contributed by atoms with Crippen molar-refractivity contribution in [2.45, 2.75) is 26.3 Å². The van der Waals surface area contributed by atoms with E-state index in [0.29, 0.717) is 0 Å². The summed E-state index contributed by atoms with van der Waals surface area (Å²) in [5.41, 5.74) is 0.0786. The Bertz CT molecular complexity index is 488. The van der Waals surface area contributed by atoms with Gasteiger partial charge in [-0.15, -0.1) is 0 Å². The number of halogens is 1. The van der Waals surface area contributed by atoms with Crippen LogP contribution in [0.5, 0.6) is 5.75 Å². The Hall–Kier alpha value is -2.11. The molecule has 1 amide bonds. The topological polar surface area (TPSA) is 86.6 Å². The number of hydrogen-bond donors (Lipinski definition) is 3. The Kier molecular flexibility index (Phi) is 4.86. The molecule has 0 fully saturated rings. The van der Waals surface area contributed by atoms with Crippen LogP contribution in [0, 0.1) is 11.7 Å². The molecule has 1 unspecified atom stereocenters. The molecule has 5 nitrogen and oxygen atoms in total. The van der Waals surface area contributed by atoms with Crippen LogP contribution in [0.3, 0.4) is 0 Å². The molecule has 0 aliphatic heterocycles. The number of carbonyl (C=O) groups excluding carboxylic acids is 1. The van der Waals surface area contributed by atoms with Gasteiger partial charge in [-0.3, -0.25) is 9.59 Å². The van der Waals surface area contributed by atoms with Crippen LogP contribution in [0.4, 0.5) is 4.39 Å². The van der Waals surface area contributed by atoms with Crippen molar-refractivity contribution in [3.63, 3.8) is 0 Å². The number of aromatic hydroxyl groups is 1. The van der Waals surface area contributed by atoms with E-state index in [-0.39, 0.29) is 17.9 Å². The summed E-state index contributed by atoms with van der Waals surface area (Å²) >= 11 is 0. The molecule has 1 rings (SSSR count). The molecular weight excluding hydrogens is 253 g/mol. The number of amides is 1. The Labute approximate surface area is 110 Å². The molecule has 0 radical (unpaired) electrons. The number of hydrogen-bond acceptors (Lipinski definition) is 3. The average molecular weight is 269 g/mol. The van der Waals surface area contributed by atoms with E-state index in [4.69, 9.17) is 5.11 Å². The van der Waals surface area contributed by atoms with Crippen LogP contribution < -0.4 is 5.32 Å². The number of aliphatic carboxylic acids is 1. The number of phenols is 1. The Morgan fingerprint density at radius 2 is 2.00 bits per heavy atom. The summed E-state index contributed by atoms with van der Waals surface area (Å²) in [4.78, 5) is 22.6. The van der Waals surface area contributed by atoms with Gasteiger partial charge in [-0.05, 0) is 24.1 Å². The molecule has 0 saturated carbocycles. The quantitative estimate of drug-likeness (QED) is 0.760. The lowest BCUT2D eigenvalue weighted by molar-refractivity contribution is -0.137. The van der Waals surface area contributed by atoms with Crippen molar-refractivity contribution in [1.29, 1.82) is 0 Å². The summed E-state index contributed by atoms with van der Waals surface area (Å²) in [5, 5.41) is 20.5. The summed E-state index contributed by atoms with van der Waals surface area (Å²) in [6.45, 7) is 3.58. The van der Waals surface area contributed by atoms with Crippen molar-refractivity contribution >= 4 is 11.9 Å². The van der Waals surface area contributed by atoms with Crippen molar-refractivity contribution in [3.05, 3.63) is 29.6 Å². The fraction of sp³-hybridized carbons (Fsp3) is 0.385. The molecule has 0 aromatic heterocycles. The number of phenolic OH excluding ortho intramolecular Hbond substituents is 1. The van der Waals surface area contributed by atoms with Gasteiger partial charge < -0.3 is 15.5 Å². The first-order valence-electron chi connectivity index (χ1n) is 5.82. The number of carboxylic acid groups (broad SMARTS) is 1. The van der Waals surface area contributed by atoms with E-state index < -0.39 is 29.5 Å². The van der Waals surface area contributed by atoms with Gasteiger partial charge in [0.1, 0.15) is 0 Å². The van der Waals surface area contributed by atoms with Gasteiger partial charge in [0.25, 0.3) is 5.91 Å². The second-order valence-corrected chi connectivity index (χ2v) is 4.59. The molecule has 1 aromatic rings. The van der Waals surface area contributed by atoms with Gasteiger partial charge in [0.2, 0.25) is 0 Å². The Morgan fingerprint density at radius 1 is 1.37 bits per heavy atom. The first kappa shape index (κ1) is 14.9. The minimum Gasteiger partial charge on any atom is -0.505 e. The molecule has 0 saturated heterocycles. The van der Waals surface area contributed by atoms with Crippen LogP contribution in [-0.4, -0.2) is 28.1 Å². The van der Waals surface area contributed by atoms with Crippen molar-refractivity contribution in [3.8, 4) is 5.75 Å². The smallest absolute Gasteiger partial charge is 0.305 e. The molecule has 0 aliphatic carbocycles. The lowest BCUT2D eigenvalue weighted by atomic mass is 10.0. The summed E-state index contributed by atoms with van der Waals surface area (Å²) in [6, 6.07) is 2.68. The second kappa shape index (κ2) is 6.17. The highest BCUT2D eigenvalue weighted by Gasteiger charge is 2.20. The van der Waals surface area contributed by atoms with Gasteiger partial charge in [-0.25, -0.2) is 4.39 Å². The maximum atomic E-state index is 12.9. The predicted molar refractivity (Wildman–Crippen MR) is 66.4 cm³/mol. The molecule has 104 valence electrons. The SMILES string of the molecule is CC(C)C(CC(=O)O)NC(=O)c1ccc(F)c(O)c1. The minimum absolute atomic E-state index is 0.0610. The lowest BCUT2D eigenvalue weighted by Gasteiger charge is -2.20. The van der Waals surface area contributed by atoms with Gasteiger partial charge >= 0.3 is 5.97 Å². The van der Waals surface area contributed by atoms with E-state index in [2.05, 4.69) is 5.32 Å². The van der Waals surface area contributed by atoms with Crippen LogP contribution in [0.25, 0.3) is 0 Å². The molecule has 19 heavy (non-hydrogen) atoms. The second-order valence-electron chi connectivity index (χ2n) is 4.59. The zero-order valence-electron chi connectivity index (χ0n) is 10.7. The van der Waals surface area contributed by atoms with E-state index in [1.165, 1.54) is 6.07 Å². The third-order valence-electron chi connectivity index (χ3n) is 2.72. The van der Waals surface area contributed by atoms with E-state index in [9.17, 15) is 19.1 Å². The van der Waals surface area contributed by atoms with Crippen LogP contribution in [0.1, 0.15) is 30.6 Å². The standard InChI is InChI=1S/C13H16FNO4/c1-7(2)10(6-12(17)18)15-13(19)8-3-4-9(14)11(16)5-8/h3-5,7,10,16H,6H2,1-2H3,(H,15,19)(H,17,18). The van der Waals surface area contributed by atoms with E-state index in [0.717, 1.165) is 12.1 Å². The first-order chi connectivity index (χ1) is 8.81. The van der Waals surface area contributed by atoms with Gasteiger partial charge in [0.15, 0.2) is 11.6 Å². The number of rotatable bonds is 5. The van der Waals surface area contributed by atoms with Crippen LogP contribution >= 0.6 is 0 Å². The maximum absolute atomic E-state index is 12.9. The maximum Gasteiger partial charge on any atom is 0.305 e. The van der Waals surface area contributed by atoms with Crippen molar-refractivity contribution in [2.24, 2.45) is 5.92 Å². The van der Waals surface area contributed by atoms with E-state index in [1.54, 1.807) is 13.8 Å². The highest BCUT2D eigenvalue weighted by atomic mass is 19.1.